The molecule has 2 aromatic carbocycles. The number of nitrogens with zero attached hydrogens (tertiary/aromatic N) is 1. The molecule has 0 bridgehead atoms. The quantitative estimate of drug-likeness (QED) is 0.708. The maximum atomic E-state index is 4.64. The molecule has 2 heteroatoms. The van der Waals surface area contributed by atoms with E-state index >= 15 is 0 Å². The van der Waals surface area contributed by atoms with Crippen LogP contribution < -0.4 is 5.32 Å². The lowest BCUT2D eigenvalue weighted by Gasteiger charge is -2.34. The van der Waals surface area contributed by atoms with Crippen molar-refractivity contribution in [3.63, 3.8) is 0 Å². The van der Waals surface area contributed by atoms with Crippen LogP contribution in [-0.4, -0.2) is 4.98 Å². The van der Waals surface area contributed by atoms with Gasteiger partial charge >= 0.3 is 0 Å². The van der Waals surface area contributed by atoms with Gasteiger partial charge in [-0.2, -0.15) is 0 Å². The smallest absolute Gasteiger partial charge is 0.0867 e. The fourth-order valence-corrected chi connectivity index (χ4v) is 3.16. The van der Waals surface area contributed by atoms with Gasteiger partial charge in [0.15, 0.2) is 0 Å². The third-order valence-electron chi connectivity index (χ3n) is 4.29. The highest BCUT2D eigenvalue weighted by Crippen LogP contribution is 2.33. The molecule has 108 valence electrons. The van der Waals surface area contributed by atoms with Gasteiger partial charge in [-0.15, -0.1) is 0 Å². The number of benzene rings is 2. The maximum Gasteiger partial charge on any atom is 0.0867 e. The Morgan fingerprint density at radius 2 is 1.64 bits per heavy atom. The first-order valence-corrected chi connectivity index (χ1v) is 7.58. The number of nitrogens with one attached hydrogen (secondary N) is 1. The third-order valence-corrected chi connectivity index (χ3v) is 4.29. The Bertz CT molecular complexity index is 891. The molecule has 0 radical (unpaired) electrons. The topological polar surface area (TPSA) is 24.9 Å². The summed E-state index contributed by atoms with van der Waals surface area (Å²) >= 11 is 0. The zero-order valence-electron chi connectivity index (χ0n) is 12.8. The van der Waals surface area contributed by atoms with Gasteiger partial charge in [-0.3, -0.25) is 4.98 Å². The lowest BCUT2D eigenvalue weighted by atomic mass is 9.86. The first-order chi connectivity index (χ1) is 10.6. The molecule has 2 heterocycles. The summed E-state index contributed by atoms with van der Waals surface area (Å²) in [6, 6.07) is 19.0. The first-order valence-electron chi connectivity index (χ1n) is 7.58. The minimum atomic E-state index is -0.103. The second-order valence-corrected chi connectivity index (χ2v) is 6.31. The summed E-state index contributed by atoms with van der Waals surface area (Å²) in [6.07, 6.45) is 4.14. The van der Waals surface area contributed by atoms with Crippen LogP contribution in [0.5, 0.6) is 0 Å². The van der Waals surface area contributed by atoms with Crippen LogP contribution in [0.1, 0.15) is 30.7 Å². The zero-order chi connectivity index (χ0) is 15.2. The van der Waals surface area contributed by atoms with E-state index in [1.807, 2.05) is 12.3 Å². The molecule has 0 spiro atoms. The molecule has 1 aliphatic rings. The molecular formula is C20H18N2. The highest BCUT2D eigenvalue weighted by Gasteiger charge is 2.28. The van der Waals surface area contributed by atoms with Gasteiger partial charge in [0, 0.05) is 11.6 Å². The number of rotatable bonds is 1. The fraction of sp³-hybridized carbons (Fsp3) is 0.150. The summed E-state index contributed by atoms with van der Waals surface area (Å²) in [5.74, 6) is 0. The molecule has 22 heavy (non-hydrogen) atoms. The van der Waals surface area contributed by atoms with E-state index in [4.69, 9.17) is 0 Å². The second-order valence-electron chi connectivity index (χ2n) is 6.31. The predicted molar refractivity (Wildman–Crippen MR) is 92.2 cm³/mol. The van der Waals surface area contributed by atoms with Gasteiger partial charge in [-0.25, -0.2) is 0 Å². The Morgan fingerprint density at radius 1 is 0.909 bits per heavy atom. The van der Waals surface area contributed by atoms with Crippen LogP contribution in [0, 0.1) is 0 Å². The second kappa shape index (κ2) is 4.70. The lowest BCUT2D eigenvalue weighted by Crippen LogP contribution is -2.38. The van der Waals surface area contributed by atoms with Crippen molar-refractivity contribution in [2.24, 2.45) is 0 Å². The summed E-state index contributed by atoms with van der Waals surface area (Å²) in [7, 11) is 0. The van der Waals surface area contributed by atoms with E-state index in [-0.39, 0.29) is 5.54 Å². The van der Waals surface area contributed by atoms with Crippen molar-refractivity contribution >= 4 is 22.5 Å². The number of pyridine rings is 1. The van der Waals surface area contributed by atoms with Gasteiger partial charge in [0.1, 0.15) is 0 Å². The van der Waals surface area contributed by atoms with Crippen molar-refractivity contribution in [3.05, 3.63) is 77.6 Å². The Balaban J connectivity index is 1.87. The zero-order valence-corrected chi connectivity index (χ0v) is 12.8. The molecule has 2 nitrogen and oxygen atoms in total. The highest BCUT2D eigenvalue weighted by atomic mass is 15.0. The molecule has 0 saturated carbocycles. The van der Waals surface area contributed by atoms with Crippen molar-refractivity contribution in [3.8, 4) is 0 Å². The number of hydrogen-bond acceptors (Lipinski definition) is 2. The Morgan fingerprint density at radius 3 is 2.50 bits per heavy atom. The van der Waals surface area contributed by atoms with Gasteiger partial charge < -0.3 is 5.32 Å². The van der Waals surface area contributed by atoms with E-state index in [2.05, 4.69) is 78.8 Å². The van der Waals surface area contributed by atoms with Crippen LogP contribution in [0.4, 0.5) is 0 Å². The summed E-state index contributed by atoms with van der Waals surface area (Å²) in [4.78, 5) is 4.64. The Kier molecular flexibility index (Phi) is 2.80. The third kappa shape index (κ3) is 2.08. The molecule has 3 aromatic rings. The van der Waals surface area contributed by atoms with Crippen molar-refractivity contribution in [1.29, 1.82) is 0 Å². The maximum absolute atomic E-state index is 4.64. The van der Waals surface area contributed by atoms with E-state index in [0.717, 1.165) is 11.4 Å². The van der Waals surface area contributed by atoms with E-state index in [1.54, 1.807) is 0 Å². The van der Waals surface area contributed by atoms with Gasteiger partial charge in [0.05, 0.1) is 16.9 Å². The fourth-order valence-electron chi connectivity index (χ4n) is 3.16. The molecule has 0 aliphatic carbocycles. The van der Waals surface area contributed by atoms with Crippen molar-refractivity contribution in [2.45, 2.75) is 19.4 Å². The molecule has 4 rings (SSSR count). The summed E-state index contributed by atoms with van der Waals surface area (Å²) in [6.45, 7) is 4.42. The molecule has 1 aromatic heterocycles. The largest absolute Gasteiger partial charge is 0.374 e. The van der Waals surface area contributed by atoms with Crippen molar-refractivity contribution < 1.29 is 0 Å². The van der Waals surface area contributed by atoms with Crippen LogP contribution >= 0.6 is 0 Å². The molecular weight excluding hydrogens is 268 g/mol. The molecule has 1 aliphatic heterocycles. The van der Waals surface area contributed by atoms with E-state index in [0.29, 0.717) is 0 Å². The standard InChI is InChI=1S/C20H18N2/c1-20(2)17-10-6-5-8-15(17)12-19(22-20)18-11-14-7-3-4-9-16(14)13-21-18/h3-13,22H,1-2H3. The predicted octanol–water partition coefficient (Wildman–Crippen LogP) is 4.57. The number of hydrogen-bond donors (Lipinski definition) is 1. The van der Waals surface area contributed by atoms with Crippen molar-refractivity contribution in [2.75, 3.05) is 0 Å². The summed E-state index contributed by atoms with van der Waals surface area (Å²) < 4.78 is 0. The SMILES string of the molecule is CC1(C)NC(c2cc3ccccc3cn2)=Cc2ccccc21. The van der Waals surface area contributed by atoms with Crippen LogP contribution in [0.3, 0.4) is 0 Å². The molecule has 0 fully saturated rings. The van der Waals surface area contributed by atoms with E-state index < -0.39 is 0 Å². The summed E-state index contributed by atoms with van der Waals surface area (Å²) in [5.41, 5.74) is 4.54. The summed E-state index contributed by atoms with van der Waals surface area (Å²) in [5, 5.41) is 6.01. The number of aromatic nitrogens is 1. The van der Waals surface area contributed by atoms with E-state index in [1.165, 1.54) is 21.9 Å². The Labute approximate surface area is 130 Å². The Hall–Kier alpha value is -2.61. The van der Waals surface area contributed by atoms with Gasteiger partial charge in [-0.05, 0) is 42.5 Å². The lowest BCUT2D eigenvalue weighted by molar-refractivity contribution is 0.471. The van der Waals surface area contributed by atoms with Crippen LogP contribution in [0.15, 0.2) is 60.8 Å². The van der Waals surface area contributed by atoms with Crippen LogP contribution in [-0.2, 0) is 5.54 Å². The minimum Gasteiger partial charge on any atom is -0.374 e. The monoisotopic (exact) mass is 286 g/mol. The van der Waals surface area contributed by atoms with Gasteiger partial charge in [0.2, 0.25) is 0 Å². The molecule has 1 N–H and O–H groups in total. The minimum absolute atomic E-state index is 0.103. The van der Waals surface area contributed by atoms with Crippen LogP contribution in [0.2, 0.25) is 0 Å². The number of fused-ring (bicyclic) bond motifs is 2. The molecule has 0 amide bonds. The van der Waals surface area contributed by atoms with Gasteiger partial charge in [-0.1, -0.05) is 48.5 Å². The normalized spacial score (nSPS) is 15.8. The van der Waals surface area contributed by atoms with Gasteiger partial charge in [0.25, 0.3) is 0 Å². The first kappa shape index (κ1) is 13.1. The highest BCUT2D eigenvalue weighted by molar-refractivity contribution is 5.88. The average molecular weight is 286 g/mol. The molecule has 0 unspecified atom stereocenters. The molecule has 0 saturated heterocycles. The van der Waals surface area contributed by atoms with Crippen LogP contribution in [0.25, 0.3) is 22.5 Å². The molecule has 0 atom stereocenters. The van der Waals surface area contributed by atoms with Crippen molar-refractivity contribution in [1.82, 2.24) is 10.3 Å². The average Bonchev–Trinajstić information content (AvgIpc) is 2.54. The van der Waals surface area contributed by atoms with E-state index in [9.17, 15) is 0 Å².